The summed E-state index contributed by atoms with van der Waals surface area (Å²) >= 11 is 0. The number of aryl methyl sites for hydroxylation is 1. The highest BCUT2D eigenvalue weighted by atomic mass is 16.6. The molecule has 0 atom stereocenters. The van der Waals surface area contributed by atoms with Gasteiger partial charge in [0.1, 0.15) is 0 Å². The van der Waals surface area contributed by atoms with Gasteiger partial charge in [-0.3, -0.25) is 14.9 Å². The van der Waals surface area contributed by atoms with E-state index < -0.39 is 10.8 Å². The van der Waals surface area contributed by atoms with Crippen LogP contribution >= 0.6 is 0 Å². The molecule has 0 unspecified atom stereocenters. The molecule has 1 amide bonds. The van der Waals surface area contributed by atoms with Crippen molar-refractivity contribution in [3.05, 3.63) is 45.3 Å². The van der Waals surface area contributed by atoms with E-state index in [9.17, 15) is 14.9 Å². The maximum absolute atomic E-state index is 12.6. The van der Waals surface area contributed by atoms with Crippen LogP contribution in [0.2, 0.25) is 0 Å². The first-order chi connectivity index (χ1) is 12.0. The molecule has 2 aromatic rings. The van der Waals surface area contributed by atoms with Crippen molar-refractivity contribution in [2.45, 2.75) is 32.7 Å². The average molecular weight is 344 g/mol. The van der Waals surface area contributed by atoms with E-state index in [1.165, 1.54) is 12.1 Å². The van der Waals surface area contributed by atoms with E-state index in [-0.39, 0.29) is 17.4 Å². The topological polar surface area (TPSA) is 115 Å². The molecule has 1 saturated heterocycles. The number of nitrogens with zero attached hydrogens (tertiary/aromatic N) is 4. The number of rotatable bonds is 4. The molecule has 1 aromatic carbocycles. The fraction of sp³-hybridized carbons (Fsp3) is 0.438. The van der Waals surface area contributed by atoms with Crippen LogP contribution in [-0.4, -0.2) is 38.9 Å². The third-order valence-electron chi connectivity index (χ3n) is 4.48. The molecule has 1 aliphatic heterocycles. The lowest BCUT2D eigenvalue weighted by atomic mass is 10.1. The molecule has 2 heterocycles. The van der Waals surface area contributed by atoms with Crippen LogP contribution < -0.4 is 10.6 Å². The van der Waals surface area contributed by atoms with E-state index in [2.05, 4.69) is 20.9 Å². The average Bonchev–Trinajstić information content (AvgIpc) is 2.99. The molecule has 1 fully saturated rings. The third kappa shape index (κ3) is 3.50. The van der Waals surface area contributed by atoms with Gasteiger partial charge in [-0.15, -0.1) is 5.10 Å². The summed E-state index contributed by atoms with van der Waals surface area (Å²) in [7, 11) is 0. The van der Waals surface area contributed by atoms with Gasteiger partial charge in [-0.2, -0.15) is 0 Å². The minimum atomic E-state index is -0.492. The zero-order valence-electron chi connectivity index (χ0n) is 14.2. The van der Waals surface area contributed by atoms with Gasteiger partial charge in [-0.1, -0.05) is 11.3 Å². The number of hydrogen-bond donors (Lipinski definition) is 2. The van der Waals surface area contributed by atoms with Crippen LogP contribution in [0.3, 0.4) is 0 Å². The largest absolute Gasteiger partial charge is 0.320 e. The molecule has 0 spiro atoms. The van der Waals surface area contributed by atoms with Crippen LogP contribution in [0.4, 0.5) is 11.4 Å². The summed E-state index contributed by atoms with van der Waals surface area (Å²) in [6.45, 7) is 5.42. The maximum atomic E-state index is 12.6. The number of nitro groups is 1. The van der Waals surface area contributed by atoms with Crippen molar-refractivity contribution in [2.75, 3.05) is 18.4 Å². The highest BCUT2D eigenvalue weighted by Gasteiger charge is 2.23. The highest BCUT2D eigenvalue weighted by molar-refractivity contribution is 6.04. The molecule has 2 N–H and O–H groups in total. The van der Waals surface area contributed by atoms with Gasteiger partial charge in [0.05, 0.1) is 22.3 Å². The van der Waals surface area contributed by atoms with Gasteiger partial charge in [0.25, 0.3) is 11.6 Å². The molecule has 1 aromatic heterocycles. The molecule has 0 radical (unpaired) electrons. The molecule has 0 bridgehead atoms. The molecule has 132 valence electrons. The van der Waals surface area contributed by atoms with E-state index in [0.29, 0.717) is 11.4 Å². The van der Waals surface area contributed by atoms with E-state index >= 15 is 0 Å². The number of amides is 1. The zero-order chi connectivity index (χ0) is 18.0. The first-order valence-corrected chi connectivity index (χ1v) is 8.16. The number of nitrogens with one attached hydrogen (secondary N) is 2. The smallest absolute Gasteiger partial charge is 0.278 e. The fourth-order valence-electron chi connectivity index (χ4n) is 2.99. The number of piperidine rings is 1. The second-order valence-corrected chi connectivity index (χ2v) is 6.16. The summed E-state index contributed by atoms with van der Waals surface area (Å²) in [5.41, 5.74) is 2.00. The SMILES string of the molecule is Cc1ccc([N+](=O)[O-])cc1NC(=O)c1nnn(C2CCNCC2)c1C. The number of carbonyl (C=O) groups is 1. The standard InChI is InChI=1S/C16H20N6O3/c1-10-3-4-13(22(24)25)9-14(10)18-16(23)15-11(2)21(20-19-15)12-5-7-17-8-6-12/h3-4,9,12,17H,5-8H2,1-2H3,(H,18,23). The van der Waals surface area contributed by atoms with E-state index in [4.69, 9.17) is 0 Å². The van der Waals surface area contributed by atoms with Crippen molar-refractivity contribution >= 4 is 17.3 Å². The van der Waals surface area contributed by atoms with Crippen LogP contribution in [0.1, 0.15) is 40.6 Å². The Morgan fingerprint density at radius 3 is 2.76 bits per heavy atom. The number of anilines is 1. The first-order valence-electron chi connectivity index (χ1n) is 8.16. The number of aromatic nitrogens is 3. The Kier molecular flexibility index (Phi) is 4.75. The highest BCUT2D eigenvalue weighted by Crippen LogP contribution is 2.24. The van der Waals surface area contributed by atoms with Gasteiger partial charge in [0, 0.05) is 12.1 Å². The summed E-state index contributed by atoms with van der Waals surface area (Å²) in [4.78, 5) is 23.0. The Morgan fingerprint density at radius 1 is 1.36 bits per heavy atom. The van der Waals surface area contributed by atoms with E-state index in [1.807, 2.05) is 6.92 Å². The van der Waals surface area contributed by atoms with Gasteiger partial charge in [-0.05, 0) is 45.3 Å². The molecular weight excluding hydrogens is 324 g/mol. The number of hydrogen-bond acceptors (Lipinski definition) is 6. The summed E-state index contributed by atoms with van der Waals surface area (Å²) in [6, 6.07) is 4.59. The van der Waals surface area contributed by atoms with Crippen molar-refractivity contribution < 1.29 is 9.72 Å². The Bertz CT molecular complexity index is 810. The van der Waals surface area contributed by atoms with E-state index in [1.54, 1.807) is 17.7 Å². The van der Waals surface area contributed by atoms with Gasteiger partial charge in [0.2, 0.25) is 0 Å². The molecule has 25 heavy (non-hydrogen) atoms. The Balaban J connectivity index is 1.81. The number of nitro benzene ring substituents is 1. The predicted molar refractivity (Wildman–Crippen MR) is 91.7 cm³/mol. The summed E-state index contributed by atoms with van der Waals surface area (Å²) in [5.74, 6) is -0.415. The maximum Gasteiger partial charge on any atom is 0.278 e. The molecule has 0 saturated carbocycles. The lowest BCUT2D eigenvalue weighted by Gasteiger charge is -2.23. The Labute approximate surface area is 144 Å². The normalized spacial score (nSPS) is 15.1. The van der Waals surface area contributed by atoms with Crippen molar-refractivity contribution in [1.82, 2.24) is 20.3 Å². The van der Waals surface area contributed by atoms with Crippen molar-refractivity contribution in [1.29, 1.82) is 0 Å². The Morgan fingerprint density at radius 2 is 2.08 bits per heavy atom. The zero-order valence-corrected chi connectivity index (χ0v) is 14.2. The summed E-state index contributed by atoms with van der Waals surface area (Å²) < 4.78 is 1.80. The summed E-state index contributed by atoms with van der Waals surface area (Å²) in [5, 5.41) is 25.1. The first kappa shape index (κ1) is 17.0. The quantitative estimate of drug-likeness (QED) is 0.647. The Hall–Kier alpha value is -2.81. The van der Waals surface area contributed by atoms with E-state index in [0.717, 1.165) is 31.5 Å². The second-order valence-electron chi connectivity index (χ2n) is 6.16. The van der Waals surface area contributed by atoms with Crippen LogP contribution in [0.25, 0.3) is 0 Å². The second kappa shape index (κ2) is 6.98. The van der Waals surface area contributed by atoms with Crippen LogP contribution in [0.5, 0.6) is 0 Å². The molecular formula is C16H20N6O3. The van der Waals surface area contributed by atoms with Crippen molar-refractivity contribution in [2.24, 2.45) is 0 Å². The van der Waals surface area contributed by atoms with Crippen LogP contribution in [-0.2, 0) is 0 Å². The lowest BCUT2D eigenvalue weighted by molar-refractivity contribution is -0.384. The molecule has 9 heteroatoms. The van der Waals surface area contributed by atoms with Gasteiger partial charge in [0.15, 0.2) is 5.69 Å². The lowest BCUT2D eigenvalue weighted by Crippen LogP contribution is -2.30. The predicted octanol–water partition coefficient (Wildman–Crippen LogP) is 1.98. The minimum Gasteiger partial charge on any atom is -0.320 e. The molecule has 3 rings (SSSR count). The molecule has 0 aliphatic carbocycles. The molecule has 9 nitrogen and oxygen atoms in total. The number of benzene rings is 1. The van der Waals surface area contributed by atoms with Gasteiger partial charge >= 0.3 is 0 Å². The van der Waals surface area contributed by atoms with Gasteiger partial charge < -0.3 is 10.6 Å². The minimum absolute atomic E-state index is 0.0732. The van der Waals surface area contributed by atoms with Crippen LogP contribution in [0.15, 0.2) is 18.2 Å². The van der Waals surface area contributed by atoms with Crippen molar-refractivity contribution in [3.8, 4) is 0 Å². The fourth-order valence-corrected chi connectivity index (χ4v) is 2.99. The van der Waals surface area contributed by atoms with Gasteiger partial charge in [-0.25, -0.2) is 4.68 Å². The number of non-ortho nitro benzene ring substituents is 1. The van der Waals surface area contributed by atoms with Crippen molar-refractivity contribution in [3.63, 3.8) is 0 Å². The monoisotopic (exact) mass is 344 g/mol. The number of carbonyl (C=O) groups excluding carboxylic acids is 1. The third-order valence-corrected chi connectivity index (χ3v) is 4.48. The summed E-state index contributed by atoms with van der Waals surface area (Å²) in [6.07, 6.45) is 1.88. The van der Waals surface area contributed by atoms with Crippen LogP contribution in [0, 0.1) is 24.0 Å². The molecule has 1 aliphatic rings.